The predicted octanol–water partition coefficient (Wildman–Crippen LogP) is 4.11. The molecule has 5 aromatic rings. The van der Waals surface area contributed by atoms with Crippen LogP contribution in [0.15, 0.2) is 79.1 Å². The van der Waals surface area contributed by atoms with E-state index in [2.05, 4.69) is 38.2 Å². The van der Waals surface area contributed by atoms with Crippen LogP contribution in [0.25, 0.3) is 27.6 Å². The van der Waals surface area contributed by atoms with Crippen molar-refractivity contribution in [1.29, 1.82) is 0 Å². The van der Waals surface area contributed by atoms with Gasteiger partial charge in [-0.1, -0.05) is 36.4 Å². The van der Waals surface area contributed by atoms with E-state index in [1.54, 1.807) is 10.9 Å². The fourth-order valence-electron chi connectivity index (χ4n) is 3.76. The van der Waals surface area contributed by atoms with Crippen LogP contribution in [-0.4, -0.2) is 31.8 Å². The molecule has 148 valence electrons. The van der Waals surface area contributed by atoms with E-state index >= 15 is 0 Å². The van der Waals surface area contributed by atoms with Gasteiger partial charge in [0.1, 0.15) is 0 Å². The molecule has 1 amide bonds. The monoisotopic (exact) mass is 395 g/mol. The van der Waals surface area contributed by atoms with Crippen molar-refractivity contribution in [2.45, 2.75) is 13.5 Å². The van der Waals surface area contributed by atoms with Crippen LogP contribution in [0.1, 0.15) is 16.1 Å². The SMILES string of the molecule is Cc1c(C(=O)NCCn2ccc3ccccc32)cnn1-c1ccc2ccccc2n1. The molecule has 3 aromatic heterocycles. The summed E-state index contributed by atoms with van der Waals surface area (Å²) in [5.74, 6) is 0.570. The number of rotatable bonds is 5. The number of carbonyl (C=O) groups is 1. The van der Waals surface area contributed by atoms with Crippen LogP contribution in [0.2, 0.25) is 0 Å². The van der Waals surface area contributed by atoms with Gasteiger partial charge in [0.15, 0.2) is 5.82 Å². The Balaban J connectivity index is 1.31. The number of para-hydroxylation sites is 2. The summed E-state index contributed by atoms with van der Waals surface area (Å²) < 4.78 is 3.85. The molecule has 6 heteroatoms. The molecule has 0 saturated carbocycles. The summed E-state index contributed by atoms with van der Waals surface area (Å²) >= 11 is 0. The van der Waals surface area contributed by atoms with Crippen molar-refractivity contribution in [1.82, 2.24) is 24.6 Å². The lowest BCUT2D eigenvalue weighted by Gasteiger charge is -2.08. The Bertz CT molecular complexity index is 1360. The summed E-state index contributed by atoms with van der Waals surface area (Å²) in [4.78, 5) is 17.4. The van der Waals surface area contributed by atoms with E-state index in [4.69, 9.17) is 0 Å². The molecule has 0 fully saturated rings. The van der Waals surface area contributed by atoms with Crippen LogP contribution in [0, 0.1) is 6.92 Å². The Kier molecular flexibility index (Phi) is 4.52. The maximum absolute atomic E-state index is 12.7. The third-order valence-corrected chi connectivity index (χ3v) is 5.37. The van der Waals surface area contributed by atoms with Crippen molar-refractivity contribution in [3.05, 3.63) is 90.4 Å². The Morgan fingerprint density at radius 2 is 1.77 bits per heavy atom. The molecule has 0 saturated heterocycles. The zero-order valence-corrected chi connectivity index (χ0v) is 16.6. The molecule has 6 nitrogen and oxygen atoms in total. The summed E-state index contributed by atoms with van der Waals surface area (Å²) in [6.07, 6.45) is 3.65. The van der Waals surface area contributed by atoms with Crippen molar-refractivity contribution in [3.63, 3.8) is 0 Å². The zero-order valence-electron chi connectivity index (χ0n) is 16.6. The van der Waals surface area contributed by atoms with Gasteiger partial charge in [0, 0.05) is 30.2 Å². The second-order valence-corrected chi connectivity index (χ2v) is 7.24. The molecule has 5 rings (SSSR count). The fraction of sp³-hybridized carbons (Fsp3) is 0.125. The number of nitrogens with zero attached hydrogens (tertiary/aromatic N) is 4. The highest BCUT2D eigenvalue weighted by atomic mass is 16.1. The quantitative estimate of drug-likeness (QED) is 0.487. The molecule has 0 radical (unpaired) electrons. The first-order valence-electron chi connectivity index (χ1n) is 9.93. The summed E-state index contributed by atoms with van der Waals surface area (Å²) in [5, 5.41) is 9.67. The number of hydrogen-bond donors (Lipinski definition) is 1. The van der Waals surface area contributed by atoms with E-state index in [0.29, 0.717) is 24.5 Å². The van der Waals surface area contributed by atoms with Crippen molar-refractivity contribution < 1.29 is 4.79 Å². The lowest BCUT2D eigenvalue weighted by molar-refractivity contribution is 0.0952. The molecular formula is C24H21N5O. The lowest BCUT2D eigenvalue weighted by Crippen LogP contribution is -2.27. The minimum absolute atomic E-state index is 0.129. The first kappa shape index (κ1) is 18.1. The smallest absolute Gasteiger partial charge is 0.254 e. The summed E-state index contributed by atoms with van der Waals surface area (Å²) in [6, 6.07) is 22.2. The summed E-state index contributed by atoms with van der Waals surface area (Å²) in [7, 11) is 0. The van der Waals surface area contributed by atoms with Gasteiger partial charge in [0.2, 0.25) is 0 Å². The minimum atomic E-state index is -0.129. The van der Waals surface area contributed by atoms with Crippen molar-refractivity contribution in [2.75, 3.05) is 6.54 Å². The highest BCUT2D eigenvalue weighted by Crippen LogP contribution is 2.17. The van der Waals surface area contributed by atoms with Crippen LogP contribution >= 0.6 is 0 Å². The Morgan fingerprint density at radius 1 is 0.967 bits per heavy atom. The van der Waals surface area contributed by atoms with E-state index < -0.39 is 0 Å². The lowest BCUT2D eigenvalue weighted by atomic mass is 10.2. The van der Waals surface area contributed by atoms with Crippen molar-refractivity contribution >= 4 is 27.7 Å². The van der Waals surface area contributed by atoms with Gasteiger partial charge in [0.25, 0.3) is 5.91 Å². The van der Waals surface area contributed by atoms with Crippen LogP contribution in [0.3, 0.4) is 0 Å². The number of nitrogens with one attached hydrogen (secondary N) is 1. The Hall–Kier alpha value is -3.93. The molecule has 3 heterocycles. The molecule has 1 N–H and O–H groups in total. The van der Waals surface area contributed by atoms with Crippen molar-refractivity contribution in [3.8, 4) is 5.82 Å². The molecule has 0 atom stereocenters. The van der Waals surface area contributed by atoms with Crippen LogP contribution < -0.4 is 5.32 Å². The second kappa shape index (κ2) is 7.48. The molecule has 0 aliphatic carbocycles. The largest absolute Gasteiger partial charge is 0.350 e. The van der Waals surface area contributed by atoms with Crippen LogP contribution in [0.5, 0.6) is 0 Å². The number of amides is 1. The predicted molar refractivity (Wildman–Crippen MR) is 118 cm³/mol. The average molecular weight is 395 g/mol. The maximum Gasteiger partial charge on any atom is 0.254 e. The third-order valence-electron chi connectivity index (χ3n) is 5.37. The Labute approximate surface area is 173 Å². The number of benzene rings is 2. The van der Waals surface area contributed by atoms with E-state index in [1.807, 2.05) is 61.7 Å². The molecule has 0 bridgehead atoms. The van der Waals surface area contributed by atoms with Gasteiger partial charge in [-0.15, -0.1) is 0 Å². The number of pyridine rings is 1. The molecule has 0 unspecified atom stereocenters. The summed E-state index contributed by atoms with van der Waals surface area (Å²) in [5.41, 5.74) is 3.39. The Morgan fingerprint density at radius 3 is 2.67 bits per heavy atom. The number of aromatic nitrogens is 4. The first-order valence-corrected chi connectivity index (χ1v) is 9.93. The topological polar surface area (TPSA) is 64.7 Å². The van der Waals surface area contributed by atoms with Crippen LogP contribution in [0.4, 0.5) is 0 Å². The zero-order chi connectivity index (χ0) is 20.5. The molecule has 30 heavy (non-hydrogen) atoms. The normalized spacial score (nSPS) is 11.2. The van der Waals surface area contributed by atoms with Crippen LogP contribution in [-0.2, 0) is 6.54 Å². The van der Waals surface area contributed by atoms with Crippen molar-refractivity contribution in [2.24, 2.45) is 0 Å². The molecule has 0 aliphatic rings. The highest BCUT2D eigenvalue weighted by molar-refractivity contribution is 5.95. The number of fused-ring (bicyclic) bond motifs is 2. The van der Waals surface area contributed by atoms with Gasteiger partial charge in [-0.2, -0.15) is 5.10 Å². The summed E-state index contributed by atoms with van der Waals surface area (Å²) in [6.45, 7) is 3.13. The molecular weight excluding hydrogens is 374 g/mol. The standard InChI is InChI=1S/C24H21N5O/c1-17-20(16-26-29(17)23-11-10-18-6-2-4-8-21(18)27-23)24(30)25-13-15-28-14-12-19-7-3-5-9-22(19)28/h2-12,14,16H,13,15H2,1H3,(H,25,30). The van der Waals surface area contributed by atoms with E-state index in [-0.39, 0.29) is 5.91 Å². The molecule has 0 spiro atoms. The maximum atomic E-state index is 12.7. The van der Waals surface area contributed by atoms with Gasteiger partial charge in [-0.3, -0.25) is 4.79 Å². The highest BCUT2D eigenvalue weighted by Gasteiger charge is 2.15. The van der Waals surface area contributed by atoms with E-state index in [0.717, 1.165) is 22.1 Å². The van der Waals surface area contributed by atoms with Gasteiger partial charge in [-0.25, -0.2) is 9.67 Å². The minimum Gasteiger partial charge on any atom is -0.350 e. The van der Waals surface area contributed by atoms with E-state index in [1.165, 1.54) is 5.39 Å². The molecule has 2 aromatic carbocycles. The third kappa shape index (κ3) is 3.22. The number of hydrogen-bond acceptors (Lipinski definition) is 3. The molecule has 0 aliphatic heterocycles. The fourth-order valence-corrected chi connectivity index (χ4v) is 3.76. The second-order valence-electron chi connectivity index (χ2n) is 7.24. The number of carbonyl (C=O) groups excluding carboxylic acids is 1. The average Bonchev–Trinajstić information content (AvgIpc) is 3.37. The van der Waals surface area contributed by atoms with Gasteiger partial charge in [-0.05, 0) is 42.6 Å². The van der Waals surface area contributed by atoms with Gasteiger partial charge >= 0.3 is 0 Å². The first-order chi connectivity index (χ1) is 14.7. The van der Waals surface area contributed by atoms with E-state index in [9.17, 15) is 4.79 Å². The van der Waals surface area contributed by atoms with Gasteiger partial charge < -0.3 is 9.88 Å². The van der Waals surface area contributed by atoms with Gasteiger partial charge in [0.05, 0.1) is 23.0 Å².